The van der Waals surface area contributed by atoms with Crippen molar-refractivity contribution in [3.05, 3.63) is 0 Å². The van der Waals surface area contributed by atoms with Crippen molar-refractivity contribution in [3.63, 3.8) is 0 Å². The van der Waals surface area contributed by atoms with Crippen LogP contribution in [0.4, 0.5) is 0 Å². The lowest BCUT2D eigenvalue weighted by molar-refractivity contribution is -0.131. The minimum absolute atomic E-state index is 0.00542. The summed E-state index contributed by atoms with van der Waals surface area (Å²) in [6.45, 7) is 11.3. The molecule has 1 aliphatic rings. The first-order valence-electron chi connectivity index (χ1n) is 6.41. The van der Waals surface area contributed by atoms with E-state index in [0.717, 1.165) is 6.54 Å². The molecule has 2 unspecified atom stereocenters. The highest BCUT2D eigenvalue weighted by Gasteiger charge is 2.40. The van der Waals surface area contributed by atoms with Gasteiger partial charge in [-0.15, -0.1) is 0 Å². The van der Waals surface area contributed by atoms with Gasteiger partial charge in [0.1, 0.15) is 0 Å². The van der Waals surface area contributed by atoms with Gasteiger partial charge in [0.25, 0.3) is 0 Å². The number of nitrogens with one attached hydrogen (secondary N) is 1. The van der Waals surface area contributed by atoms with Crippen LogP contribution in [-0.2, 0) is 4.79 Å². The van der Waals surface area contributed by atoms with Gasteiger partial charge < -0.3 is 9.80 Å². The summed E-state index contributed by atoms with van der Waals surface area (Å²) in [5.41, 5.74) is -0.00542. The van der Waals surface area contributed by atoms with Gasteiger partial charge in [-0.3, -0.25) is 10.1 Å². The van der Waals surface area contributed by atoms with Crippen LogP contribution in [0.3, 0.4) is 0 Å². The van der Waals surface area contributed by atoms with E-state index < -0.39 is 0 Å². The average Bonchev–Trinajstić information content (AvgIpc) is 2.45. The van der Waals surface area contributed by atoms with Gasteiger partial charge in [0.05, 0.1) is 12.2 Å². The summed E-state index contributed by atoms with van der Waals surface area (Å²) in [6, 6.07) is -0.0552. The van der Waals surface area contributed by atoms with Gasteiger partial charge >= 0.3 is 0 Å². The molecule has 2 atom stereocenters. The predicted molar refractivity (Wildman–Crippen MR) is 70.7 cm³/mol. The monoisotopic (exact) mass is 241 g/mol. The number of nitrogens with zero attached hydrogens (tertiary/aromatic N) is 2. The van der Waals surface area contributed by atoms with Gasteiger partial charge in [-0.1, -0.05) is 13.8 Å². The van der Waals surface area contributed by atoms with Gasteiger partial charge in [0.2, 0.25) is 5.91 Å². The van der Waals surface area contributed by atoms with Crippen LogP contribution in [-0.4, -0.2) is 54.1 Å². The molecule has 1 saturated heterocycles. The highest BCUT2D eigenvalue weighted by atomic mass is 16.2. The Morgan fingerprint density at radius 3 is 2.35 bits per heavy atom. The van der Waals surface area contributed by atoms with E-state index in [1.165, 1.54) is 0 Å². The maximum absolute atomic E-state index is 12.2. The summed E-state index contributed by atoms with van der Waals surface area (Å²) >= 11 is 0. The van der Waals surface area contributed by atoms with Crippen LogP contribution in [0.2, 0.25) is 0 Å². The molecule has 1 aliphatic heterocycles. The van der Waals surface area contributed by atoms with E-state index in [1.807, 2.05) is 11.8 Å². The molecule has 0 bridgehead atoms. The second-order valence-corrected chi connectivity index (χ2v) is 6.25. The predicted octanol–water partition coefficient (Wildman–Crippen LogP) is 1.13. The van der Waals surface area contributed by atoms with E-state index in [9.17, 15) is 4.79 Å². The number of carbonyl (C=O) groups is 1. The Balaban J connectivity index is 2.83. The first-order chi connectivity index (χ1) is 7.66. The third kappa shape index (κ3) is 2.99. The second kappa shape index (κ2) is 4.94. The van der Waals surface area contributed by atoms with Crippen molar-refractivity contribution in [2.24, 2.45) is 5.92 Å². The molecular formula is C13H27N3O. The molecule has 0 aromatic carbocycles. The van der Waals surface area contributed by atoms with E-state index >= 15 is 0 Å². The molecular weight excluding hydrogens is 214 g/mol. The average molecular weight is 241 g/mol. The molecule has 4 nitrogen and oxygen atoms in total. The molecule has 1 amide bonds. The maximum atomic E-state index is 12.2. The number of carbonyl (C=O) groups excluding carboxylic acids is 1. The lowest BCUT2D eigenvalue weighted by Gasteiger charge is -2.39. The Hall–Kier alpha value is -0.610. The first-order valence-corrected chi connectivity index (χ1v) is 6.41. The topological polar surface area (TPSA) is 35.6 Å². The summed E-state index contributed by atoms with van der Waals surface area (Å²) < 4.78 is 0. The van der Waals surface area contributed by atoms with Crippen LogP contribution in [0.1, 0.15) is 34.6 Å². The molecule has 17 heavy (non-hydrogen) atoms. The molecule has 0 saturated carbocycles. The SMILES string of the molecule is CC1NC(C(C)C)N(CC(C)(C)N(C)C)C1=O. The van der Waals surface area contributed by atoms with Crippen LogP contribution in [0.15, 0.2) is 0 Å². The molecule has 1 fully saturated rings. The fourth-order valence-corrected chi connectivity index (χ4v) is 2.09. The van der Waals surface area contributed by atoms with Crippen LogP contribution in [0, 0.1) is 5.92 Å². The van der Waals surface area contributed by atoms with Gasteiger partial charge in [0.15, 0.2) is 0 Å². The number of hydrogen-bond acceptors (Lipinski definition) is 3. The Labute approximate surface area is 105 Å². The molecule has 1 rings (SSSR count). The van der Waals surface area contributed by atoms with Crippen LogP contribution >= 0.6 is 0 Å². The molecule has 100 valence electrons. The fourth-order valence-electron chi connectivity index (χ4n) is 2.09. The first kappa shape index (κ1) is 14.5. The summed E-state index contributed by atoms with van der Waals surface area (Å²) in [6.07, 6.45) is 0.164. The van der Waals surface area contributed by atoms with Gasteiger partial charge in [0, 0.05) is 12.1 Å². The van der Waals surface area contributed by atoms with E-state index in [0.29, 0.717) is 5.92 Å². The molecule has 0 aromatic heterocycles. The number of hydrogen-bond donors (Lipinski definition) is 1. The molecule has 0 aliphatic carbocycles. The Kier molecular flexibility index (Phi) is 4.20. The van der Waals surface area contributed by atoms with E-state index in [1.54, 1.807) is 0 Å². The zero-order valence-electron chi connectivity index (χ0n) is 12.2. The summed E-state index contributed by atoms with van der Waals surface area (Å²) in [4.78, 5) is 16.3. The fraction of sp³-hybridized carbons (Fsp3) is 0.923. The lowest BCUT2D eigenvalue weighted by Crippen LogP contribution is -2.53. The number of likely N-dealkylation sites (N-methyl/N-ethyl adjacent to an activating group) is 1. The van der Waals surface area contributed by atoms with Crippen molar-refractivity contribution in [1.82, 2.24) is 15.1 Å². The third-order valence-electron chi connectivity index (χ3n) is 3.81. The van der Waals surface area contributed by atoms with Crippen molar-refractivity contribution in [2.45, 2.75) is 52.4 Å². The third-order valence-corrected chi connectivity index (χ3v) is 3.81. The molecule has 1 heterocycles. The van der Waals surface area contributed by atoms with Gasteiger partial charge in [-0.2, -0.15) is 0 Å². The largest absolute Gasteiger partial charge is 0.324 e. The number of amides is 1. The molecule has 0 radical (unpaired) electrons. The summed E-state index contributed by atoms with van der Waals surface area (Å²) in [5, 5.41) is 3.37. The minimum atomic E-state index is -0.0552. The quantitative estimate of drug-likeness (QED) is 0.801. The van der Waals surface area contributed by atoms with Gasteiger partial charge in [-0.05, 0) is 40.8 Å². The molecule has 1 N–H and O–H groups in total. The van der Waals surface area contributed by atoms with E-state index in [4.69, 9.17) is 0 Å². The van der Waals surface area contributed by atoms with Crippen LogP contribution < -0.4 is 5.32 Å². The highest BCUT2D eigenvalue weighted by molar-refractivity contribution is 5.84. The van der Waals surface area contributed by atoms with E-state index in [-0.39, 0.29) is 23.7 Å². The molecule has 0 aromatic rings. The summed E-state index contributed by atoms with van der Waals surface area (Å²) in [5.74, 6) is 0.653. The zero-order valence-corrected chi connectivity index (χ0v) is 12.2. The smallest absolute Gasteiger partial charge is 0.240 e. The standard InChI is InChI=1S/C13H27N3O/c1-9(2)11-14-10(3)12(17)16(11)8-13(4,5)15(6)7/h9-11,14H,8H2,1-7H3. The van der Waals surface area contributed by atoms with Crippen molar-refractivity contribution in [1.29, 1.82) is 0 Å². The van der Waals surface area contributed by atoms with Crippen molar-refractivity contribution < 1.29 is 4.79 Å². The minimum Gasteiger partial charge on any atom is -0.324 e. The van der Waals surface area contributed by atoms with Gasteiger partial charge in [-0.25, -0.2) is 0 Å². The zero-order chi connectivity index (χ0) is 13.4. The van der Waals surface area contributed by atoms with Crippen LogP contribution in [0.25, 0.3) is 0 Å². The van der Waals surface area contributed by atoms with Crippen molar-refractivity contribution in [2.75, 3.05) is 20.6 Å². The Bertz CT molecular complexity index is 286. The van der Waals surface area contributed by atoms with Crippen LogP contribution in [0.5, 0.6) is 0 Å². The Morgan fingerprint density at radius 1 is 1.41 bits per heavy atom. The van der Waals surface area contributed by atoms with Crippen molar-refractivity contribution in [3.8, 4) is 0 Å². The normalized spacial score (nSPS) is 26.4. The van der Waals surface area contributed by atoms with Crippen molar-refractivity contribution >= 4 is 5.91 Å². The summed E-state index contributed by atoms with van der Waals surface area (Å²) in [7, 11) is 4.11. The maximum Gasteiger partial charge on any atom is 0.240 e. The molecule has 0 spiro atoms. The second-order valence-electron chi connectivity index (χ2n) is 6.25. The Morgan fingerprint density at radius 2 is 1.94 bits per heavy atom. The molecule has 4 heteroatoms. The van der Waals surface area contributed by atoms with E-state index in [2.05, 4.69) is 52.0 Å². The lowest BCUT2D eigenvalue weighted by atomic mass is 10.0. The number of rotatable bonds is 4. The highest BCUT2D eigenvalue weighted by Crippen LogP contribution is 2.22.